The molecule has 0 aliphatic heterocycles. The topological polar surface area (TPSA) is 92.4 Å². The molecule has 0 radical (unpaired) electrons. The van der Waals surface area contributed by atoms with E-state index in [4.69, 9.17) is 10.8 Å². The molecule has 1 amide bonds. The highest BCUT2D eigenvalue weighted by Crippen LogP contribution is 2.13. The molecule has 0 spiro atoms. The zero-order chi connectivity index (χ0) is 10.6. The highest BCUT2D eigenvalue weighted by Gasteiger charge is 2.32. The Morgan fingerprint density at radius 1 is 1.62 bits per heavy atom. The maximum Gasteiger partial charge on any atom is 0.305 e. The minimum atomic E-state index is -0.978. The zero-order valence-electron chi connectivity index (χ0n) is 8.13. The van der Waals surface area contributed by atoms with Crippen molar-refractivity contribution in [1.82, 2.24) is 5.32 Å². The maximum atomic E-state index is 10.8. The van der Waals surface area contributed by atoms with Crippen LogP contribution in [0.4, 0.5) is 0 Å². The Balaban J connectivity index is 4.52. The largest absolute Gasteiger partial charge is 0.481 e. The van der Waals surface area contributed by atoms with E-state index < -0.39 is 17.6 Å². The Morgan fingerprint density at radius 2 is 2.08 bits per heavy atom. The summed E-state index contributed by atoms with van der Waals surface area (Å²) in [5, 5.41) is 11.1. The number of nitrogens with two attached hydrogens (primary N) is 1. The fraction of sp³-hybridized carbons (Fsp3) is 0.750. The first kappa shape index (κ1) is 11.9. The van der Waals surface area contributed by atoms with Crippen LogP contribution in [-0.2, 0) is 9.59 Å². The fourth-order valence-corrected chi connectivity index (χ4v) is 1.04. The van der Waals surface area contributed by atoms with Gasteiger partial charge >= 0.3 is 5.97 Å². The van der Waals surface area contributed by atoms with Crippen LogP contribution in [0.5, 0.6) is 0 Å². The van der Waals surface area contributed by atoms with E-state index in [1.165, 1.54) is 6.92 Å². The Bertz CT molecular complexity index is 197. The lowest BCUT2D eigenvalue weighted by Crippen LogP contribution is -2.57. The number of aliphatic carboxylic acids is 1. The average molecular weight is 188 g/mol. The van der Waals surface area contributed by atoms with E-state index in [9.17, 15) is 9.59 Å². The molecule has 2 atom stereocenters. The fourth-order valence-electron chi connectivity index (χ4n) is 1.04. The summed E-state index contributed by atoms with van der Waals surface area (Å²) in [6, 6.07) is -0.410. The SMILES string of the molecule is CC(=O)NC(C)(CC(=O)O)C(C)N. The van der Waals surface area contributed by atoms with Crippen LogP contribution in [0.3, 0.4) is 0 Å². The van der Waals surface area contributed by atoms with Crippen molar-refractivity contribution in [2.24, 2.45) is 5.73 Å². The molecule has 4 N–H and O–H groups in total. The lowest BCUT2D eigenvalue weighted by molar-refractivity contribution is -0.139. The van der Waals surface area contributed by atoms with Gasteiger partial charge in [-0.1, -0.05) is 0 Å². The van der Waals surface area contributed by atoms with E-state index in [2.05, 4.69) is 5.32 Å². The second-order valence-corrected chi connectivity index (χ2v) is 3.46. The molecule has 13 heavy (non-hydrogen) atoms. The van der Waals surface area contributed by atoms with Crippen molar-refractivity contribution in [1.29, 1.82) is 0 Å². The monoisotopic (exact) mass is 188 g/mol. The van der Waals surface area contributed by atoms with Gasteiger partial charge in [0.05, 0.1) is 12.0 Å². The summed E-state index contributed by atoms with van der Waals surface area (Å²) >= 11 is 0. The van der Waals surface area contributed by atoms with Crippen molar-refractivity contribution in [3.05, 3.63) is 0 Å². The van der Waals surface area contributed by atoms with Crippen molar-refractivity contribution in [2.75, 3.05) is 0 Å². The minimum Gasteiger partial charge on any atom is -0.481 e. The highest BCUT2D eigenvalue weighted by atomic mass is 16.4. The van der Waals surface area contributed by atoms with Crippen LogP contribution in [-0.4, -0.2) is 28.6 Å². The lowest BCUT2D eigenvalue weighted by Gasteiger charge is -2.32. The summed E-state index contributed by atoms with van der Waals surface area (Å²) < 4.78 is 0. The molecule has 0 aromatic rings. The Hall–Kier alpha value is -1.10. The molecule has 0 rings (SSSR count). The second kappa shape index (κ2) is 4.23. The third-order valence-corrected chi connectivity index (χ3v) is 1.99. The molecule has 0 aromatic heterocycles. The smallest absolute Gasteiger partial charge is 0.305 e. The molecule has 5 heteroatoms. The van der Waals surface area contributed by atoms with Gasteiger partial charge in [-0.15, -0.1) is 0 Å². The second-order valence-electron chi connectivity index (χ2n) is 3.46. The molecule has 0 aliphatic rings. The molecule has 76 valence electrons. The molecule has 0 fully saturated rings. The average Bonchev–Trinajstić information content (AvgIpc) is 1.82. The van der Waals surface area contributed by atoms with Crippen LogP contribution >= 0.6 is 0 Å². The van der Waals surface area contributed by atoms with Gasteiger partial charge in [-0.3, -0.25) is 9.59 Å². The molecule has 0 aromatic carbocycles. The summed E-state index contributed by atoms with van der Waals surface area (Å²) in [4.78, 5) is 21.3. The summed E-state index contributed by atoms with van der Waals surface area (Å²) in [6.45, 7) is 4.62. The van der Waals surface area contributed by atoms with Gasteiger partial charge in [0.25, 0.3) is 0 Å². The van der Waals surface area contributed by atoms with Gasteiger partial charge in [0, 0.05) is 13.0 Å². The lowest BCUT2D eigenvalue weighted by atomic mass is 9.90. The van der Waals surface area contributed by atoms with Gasteiger partial charge < -0.3 is 16.2 Å². The summed E-state index contributed by atoms with van der Waals surface area (Å²) in [7, 11) is 0. The van der Waals surface area contributed by atoms with Crippen molar-refractivity contribution in [3.63, 3.8) is 0 Å². The van der Waals surface area contributed by atoms with Crippen molar-refractivity contribution < 1.29 is 14.7 Å². The standard InChI is InChI=1S/C8H16N2O3/c1-5(9)8(3,4-7(12)13)10-6(2)11/h5H,4,9H2,1-3H3,(H,10,11)(H,12,13). The highest BCUT2D eigenvalue weighted by molar-refractivity contribution is 5.76. The number of carboxylic acids is 1. The zero-order valence-corrected chi connectivity index (χ0v) is 8.13. The Kier molecular flexibility index (Phi) is 3.87. The number of hydrogen-bond acceptors (Lipinski definition) is 3. The van der Waals surface area contributed by atoms with E-state index >= 15 is 0 Å². The number of carboxylic acid groups (broad SMARTS) is 1. The molecule has 0 saturated heterocycles. The van der Waals surface area contributed by atoms with Gasteiger partial charge in [0.15, 0.2) is 0 Å². The molecule has 0 aliphatic carbocycles. The molecule has 5 nitrogen and oxygen atoms in total. The van der Waals surface area contributed by atoms with Crippen LogP contribution in [0, 0.1) is 0 Å². The third-order valence-electron chi connectivity index (χ3n) is 1.99. The van der Waals surface area contributed by atoms with Gasteiger partial charge in [-0.05, 0) is 13.8 Å². The number of amides is 1. The van der Waals surface area contributed by atoms with Gasteiger partial charge in [-0.2, -0.15) is 0 Å². The number of carbonyl (C=O) groups is 2. The van der Waals surface area contributed by atoms with E-state index in [1.54, 1.807) is 13.8 Å². The predicted molar refractivity (Wildman–Crippen MR) is 48.1 cm³/mol. The van der Waals surface area contributed by atoms with E-state index in [0.717, 1.165) is 0 Å². The maximum absolute atomic E-state index is 10.8. The molecule has 2 unspecified atom stereocenters. The van der Waals surface area contributed by atoms with Crippen molar-refractivity contribution >= 4 is 11.9 Å². The minimum absolute atomic E-state index is 0.176. The van der Waals surface area contributed by atoms with Gasteiger partial charge in [-0.25, -0.2) is 0 Å². The van der Waals surface area contributed by atoms with Gasteiger partial charge in [0.1, 0.15) is 0 Å². The quantitative estimate of drug-likeness (QED) is 0.565. The number of hydrogen-bond donors (Lipinski definition) is 3. The van der Waals surface area contributed by atoms with Crippen LogP contribution < -0.4 is 11.1 Å². The number of rotatable bonds is 4. The number of nitrogens with one attached hydrogen (secondary N) is 1. The molecule has 0 saturated carbocycles. The molecule has 0 bridgehead atoms. The molecule has 0 heterocycles. The van der Waals surface area contributed by atoms with E-state index in [0.29, 0.717) is 0 Å². The molecular formula is C8H16N2O3. The third kappa shape index (κ3) is 3.89. The van der Waals surface area contributed by atoms with E-state index in [1.807, 2.05) is 0 Å². The first-order valence-electron chi connectivity index (χ1n) is 4.04. The Labute approximate surface area is 77.3 Å². The van der Waals surface area contributed by atoms with Crippen molar-refractivity contribution in [3.8, 4) is 0 Å². The summed E-state index contributed by atoms with van der Waals surface area (Å²) in [5.74, 6) is -1.25. The van der Waals surface area contributed by atoms with Crippen molar-refractivity contribution in [2.45, 2.75) is 38.8 Å². The summed E-state index contributed by atoms with van der Waals surface area (Å²) in [5.41, 5.74) is 4.71. The van der Waals surface area contributed by atoms with E-state index in [-0.39, 0.29) is 12.3 Å². The Morgan fingerprint density at radius 3 is 2.31 bits per heavy atom. The van der Waals surface area contributed by atoms with Crippen LogP contribution in [0.1, 0.15) is 27.2 Å². The molecular weight excluding hydrogens is 172 g/mol. The predicted octanol–water partition coefficient (Wildman–Crippen LogP) is -0.297. The van der Waals surface area contributed by atoms with Crippen LogP contribution in [0.2, 0.25) is 0 Å². The van der Waals surface area contributed by atoms with Crippen LogP contribution in [0.25, 0.3) is 0 Å². The van der Waals surface area contributed by atoms with Crippen LogP contribution in [0.15, 0.2) is 0 Å². The number of carbonyl (C=O) groups excluding carboxylic acids is 1. The first-order valence-corrected chi connectivity index (χ1v) is 4.04. The van der Waals surface area contributed by atoms with Gasteiger partial charge in [0.2, 0.25) is 5.91 Å². The normalized spacial score (nSPS) is 17.2. The first-order chi connectivity index (χ1) is 5.78. The summed E-state index contributed by atoms with van der Waals surface area (Å²) in [6.07, 6.45) is -0.176.